The van der Waals surface area contributed by atoms with Crippen molar-refractivity contribution >= 4 is 28.9 Å². The van der Waals surface area contributed by atoms with E-state index in [4.69, 9.17) is 0 Å². The molecule has 1 N–H and O–H groups in total. The van der Waals surface area contributed by atoms with Crippen molar-refractivity contribution in [3.05, 3.63) is 90.0 Å². The van der Waals surface area contributed by atoms with Gasteiger partial charge in [0.1, 0.15) is 0 Å². The molecule has 0 saturated carbocycles. The number of nitrogens with one attached hydrogen (secondary N) is 1. The normalized spacial score (nSPS) is 10.2. The third kappa shape index (κ3) is 4.20. The Balaban J connectivity index is 1.86. The maximum atomic E-state index is 13.0. The number of anilines is 3. The summed E-state index contributed by atoms with van der Waals surface area (Å²) in [5, 5.41) is 2.90. The average molecular weight is 373 g/mol. The van der Waals surface area contributed by atoms with Gasteiger partial charge in [-0.15, -0.1) is 0 Å². The smallest absolute Gasteiger partial charge is 0.257 e. The van der Waals surface area contributed by atoms with Crippen molar-refractivity contribution in [1.29, 1.82) is 0 Å². The molecule has 0 bridgehead atoms. The minimum Gasteiger partial charge on any atom is -0.345 e. The number of carbonyl (C=O) groups is 2. The highest BCUT2D eigenvalue weighted by molar-refractivity contribution is 6.09. The highest BCUT2D eigenvalue weighted by atomic mass is 16.2. The molecule has 3 rings (SSSR count). The molecule has 142 valence electrons. The van der Waals surface area contributed by atoms with Gasteiger partial charge in [0.05, 0.1) is 11.3 Å². The second-order valence-electron chi connectivity index (χ2n) is 6.65. The maximum Gasteiger partial charge on any atom is 0.257 e. The van der Waals surface area contributed by atoms with Crippen LogP contribution in [0.2, 0.25) is 0 Å². The number of carbonyl (C=O) groups excluding carboxylic acids is 2. The molecular formula is C23H23N3O2. The van der Waals surface area contributed by atoms with Crippen molar-refractivity contribution in [2.45, 2.75) is 0 Å². The Bertz CT molecular complexity index is 984. The molecule has 2 amide bonds. The minimum atomic E-state index is -0.229. The van der Waals surface area contributed by atoms with Crippen molar-refractivity contribution in [3.63, 3.8) is 0 Å². The Morgan fingerprint density at radius 1 is 0.786 bits per heavy atom. The second kappa shape index (κ2) is 8.39. The van der Waals surface area contributed by atoms with E-state index < -0.39 is 0 Å². The Labute approximate surface area is 165 Å². The van der Waals surface area contributed by atoms with E-state index in [1.54, 1.807) is 44.4 Å². The quantitative estimate of drug-likeness (QED) is 0.721. The van der Waals surface area contributed by atoms with Gasteiger partial charge in [-0.25, -0.2) is 0 Å². The molecule has 28 heavy (non-hydrogen) atoms. The van der Waals surface area contributed by atoms with Gasteiger partial charge in [0.25, 0.3) is 11.8 Å². The molecule has 3 aromatic carbocycles. The molecule has 0 spiro atoms. The fourth-order valence-electron chi connectivity index (χ4n) is 2.94. The fraction of sp³-hybridized carbons (Fsp3) is 0.130. The zero-order chi connectivity index (χ0) is 20.1. The molecule has 3 aromatic rings. The van der Waals surface area contributed by atoms with Gasteiger partial charge in [0.2, 0.25) is 0 Å². The van der Waals surface area contributed by atoms with Crippen molar-refractivity contribution in [3.8, 4) is 0 Å². The Morgan fingerprint density at radius 2 is 1.46 bits per heavy atom. The zero-order valence-electron chi connectivity index (χ0n) is 16.2. The lowest BCUT2D eigenvalue weighted by atomic mass is 10.1. The third-order valence-electron chi connectivity index (χ3n) is 4.43. The molecular weight excluding hydrogens is 350 g/mol. The summed E-state index contributed by atoms with van der Waals surface area (Å²) in [6.07, 6.45) is 0. The minimum absolute atomic E-state index is 0.111. The average Bonchev–Trinajstić information content (AvgIpc) is 2.73. The van der Waals surface area contributed by atoms with Gasteiger partial charge in [0, 0.05) is 38.1 Å². The van der Waals surface area contributed by atoms with Crippen LogP contribution in [0, 0.1) is 0 Å². The lowest BCUT2D eigenvalue weighted by Crippen LogP contribution is -2.22. The topological polar surface area (TPSA) is 52.7 Å². The highest BCUT2D eigenvalue weighted by Crippen LogP contribution is 2.27. The SMILES string of the molecule is CN(C)C(=O)c1cccc(NC(=O)c2ccccc2N(C)c2ccccc2)c1. The predicted molar refractivity (Wildman–Crippen MR) is 113 cm³/mol. The van der Waals surface area contributed by atoms with Gasteiger partial charge in [-0.1, -0.05) is 36.4 Å². The van der Waals surface area contributed by atoms with Crippen LogP contribution >= 0.6 is 0 Å². The molecule has 0 radical (unpaired) electrons. The first-order valence-corrected chi connectivity index (χ1v) is 8.98. The molecule has 0 heterocycles. The number of para-hydroxylation sites is 2. The van der Waals surface area contributed by atoms with Crippen molar-refractivity contribution < 1.29 is 9.59 Å². The summed E-state index contributed by atoms with van der Waals surface area (Å²) in [5.74, 6) is -0.340. The summed E-state index contributed by atoms with van der Waals surface area (Å²) < 4.78 is 0. The van der Waals surface area contributed by atoms with Gasteiger partial charge in [-0.3, -0.25) is 9.59 Å². The van der Waals surface area contributed by atoms with Crippen LogP contribution in [0.25, 0.3) is 0 Å². The van der Waals surface area contributed by atoms with Crippen molar-refractivity contribution in [2.24, 2.45) is 0 Å². The van der Waals surface area contributed by atoms with Crippen LogP contribution in [-0.4, -0.2) is 37.9 Å². The number of rotatable bonds is 5. The van der Waals surface area contributed by atoms with E-state index in [1.807, 2.05) is 60.5 Å². The van der Waals surface area contributed by atoms with Gasteiger partial charge in [-0.2, -0.15) is 0 Å². The van der Waals surface area contributed by atoms with E-state index in [1.165, 1.54) is 4.90 Å². The van der Waals surface area contributed by atoms with E-state index in [9.17, 15) is 9.59 Å². The Morgan fingerprint density at radius 3 is 2.18 bits per heavy atom. The van der Waals surface area contributed by atoms with Crippen LogP contribution < -0.4 is 10.2 Å². The van der Waals surface area contributed by atoms with E-state index in [0.717, 1.165) is 11.4 Å². The summed E-state index contributed by atoms with van der Waals surface area (Å²) in [7, 11) is 5.32. The van der Waals surface area contributed by atoms with Crippen LogP contribution in [0.3, 0.4) is 0 Å². The first kappa shape index (κ1) is 19.2. The molecule has 0 saturated heterocycles. The third-order valence-corrected chi connectivity index (χ3v) is 4.43. The lowest BCUT2D eigenvalue weighted by Gasteiger charge is -2.22. The number of hydrogen-bond donors (Lipinski definition) is 1. The first-order chi connectivity index (χ1) is 13.5. The molecule has 0 atom stereocenters. The number of hydrogen-bond acceptors (Lipinski definition) is 3. The highest BCUT2D eigenvalue weighted by Gasteiger charge is 2.16. The summed E-state index contributed by atoms with van der Waals surface area (Å²) >= 11 is 0. The number of benzene rings is 3. The molecule has 0 aliphatic heterocycles. The molecule has 0 aliphatic carbocycles. The predicted octanol–water partition coefficient (Wildman–Crippen LogP) is 4.41. The lowest BCUT2D eigenvalue weighted by molar-refractivity contribution is 0.0827. The largest absolute Gasteiger partial charge is 0.345 e. The van der Waals surface area contributed by atoms with Gasteiger partial charge < -0.3 is 15.1 Å². The number of nitrogens with zero attached hydrogens (tertiary/aromatic N) is 2. The van der Waals surface area contributed by atoms with Crippen LogP contribution in [0.4, 0.5) is 17.1 Å². The maximum absolute atomic E-state index is 13.0. The molecule has 0 fully saturated rings. The van der Waals surface area contributed by atoms with E-state index in [2.05, 4.69) is 5.32 Å². The van der Waals surface area contributed by atoms with Crippen LogP contribution in [0.5, 0.6) is 0 Å². The van der Waals surface area contributed by atoms with E-state index >= 15 is 0 Å². The molecule has 5 nitrogen and oxygen atoms in total. The Hall–Kier alpha value is -3.60. The first-order valence-electron chi connectivity index (χ1n) is 8.98. The Kier molecular flexibility index (Phi) is 5.75. The summed E-state index contributed by atoms with van der Waals surface area (Å²) in [5.41, 5.74) is 3.44. The summed E-state index contributed by atoms with van der Waals surface area (Å²) in [6.45, 7) is 0. The summed E-state index contributed by atoms with van der Waals surface area (Å²) in [6, 6.07) is 24.2. The van der Waals surface area contributed by atoms with Gasteiger partial charge in [-0.05, 0) is 42.5 Å². The molecule has 0 aliphatic rings. The van der Waals surface area contributed by atoms with Crippen molar-refractivity contribution in [2.75, 3.05) is 31.4 Å². The fourth-order valence-corrected chi connectivity index (χ4v) is 2.94. The standard InChI is InChI=1S/C23H23N3O2/c1-25(2)23(28)17-10-9-11-18(16-17)24-22(27)20-14-7-8-15-21(20)26(3)19-12-5-4-6-13-19/h4-16H,1-3H3,(H,24,27). The summed E-state index contributed by atoms with van der Waals surface area (Å²) in [4.78, 5) is 28.6. The van der Waals surface area contributed by atoms with Gasteiger partial charge >= 0.3 is 0 Å². The second-order valence-corrected chi connectivity index (χ2v) is 6.65. The van der Waals surface area contributed by atoms with E-state index in [-0.39, 0.29) is 11.8 Å². The van der Waals surface area contributed by atoms with Crippen LogP contribution in [-0.2, 0) is 0 Å². The monoisotopic (exact) mass is 373 g/mol. The van der Waals surface area contributed by atoms with E-state index in [0.29, 0.717) is 16.8 Å². The van der Waals surface area contributed by atoms with Crippen LogP contribution in [0.15, 0.2) is 78.9 Å². The van der Waals surface area contributed by atoms with Crippen molar-refractivity contribution in [1.82, 2.24) is 4.90 Å². The zero-order valence-corrected chi connectivity index (χ0v) is 16.2. The molecule has 0 unspecified atom stereocenters. The number of amides is 2. The molecule has 5 heteroatoms. The van der Waals surface area contributed by atoms with Crippen LogP contribution in [0.1, 0.15) is 20.7 Å². The van der Waals surface area contributed by atoms with Gasteiger partial charge in [0.15, 0.2) is 0 Å². The molecule has 0 aromatic heterocycles.